The van der Waals surface area contributed by atoms with E-state index in [2.05, 4.69) is 25.8 Å². The number of carboxylic acid groups (broad SMARTS) is 2. The van der Waals surface area contributed by atoms with E-state index < -0.39 is 40.4 Å². The van der Waals surface area contributed by atoms with Crippen LogP contribution in [-0.4, -0.2) is 88.5 Å². The average Bonchev–Trinajstić information content (AvgIpc) is 3.61. The molecular formula is C23H20N8Na2O7S4. The maximum Gasteiger partial charge on any atom is 1.00 e. The van der Waals surface area contributed by atoms with Crippen molar-refractivity contribution in [3.05, 3.63) is 52.2 Å². The molecule has 1 saturated heterocycles. The largest absolute Gasteiger partial charge is 1.00 e. The van der Waals surface area contributed by atoms with Gasteiger partial charge in [0.1, 0.15) is 16.7 Å². The van der Waals surface area contributed by atoms with Crippen LogP contribution in [0.15, 0.2) is 51.0 Å². The number of nitrogens with two attached hydrogens (primary N) is 1. The molecule has 15 nitrogen and oxygen atoms in total. The first-order valence-corrected chi connectivity index (χ1v) is 15.8. The summed E-state index contributed by atoms with van der Waals surface area (Å²) < 4.78 is 1.37. The number of nitrogens with zero attached hydrogens (tertiary/aromatic N) is 6. The molecule has 2 aliphatic heterocycles. The monoisotopic (exact) mass is 694 g/mol. The van der Waals surface area contributed by atoms with Gasteiger partial charge >= 0.3 is 59.1 Å². The number of aromatic carboxylic acids is 1. The number of benzene rings is 1. The number of anilines is 1. The van der Waals surface area contributed by atoms with Crippen molar-refractivity contribution in [2.24, 2.45) is 0 Å². The molecule has 220 valence electrons. The summed E-state index contributed by atoms with van der Waals surface area (Å²) in [5.74, 6) is -3.83. The van der Waals surface area contributed by atoms with Crippen molar-refractivity contribution in [1.82, 2.24) is 35.4 Å². The zero-order valence-electron chi connectivity index (χ0n) is 23.2. The molecule has 0 bridgehead atoms. The Morgan fingerprint density at radius 1 is 1.20 bits per heavy atom. The first-order chi connectivity index (χ1) is 20.2. The third-order valence-electron chi connectivity index (χ3n) is 6.12. The number of β-lactam (4-membered cyclic amide) rings is 1. The van der Waals surface area contributed by atoms with Crippen molar-refractivity contribution in [1.29, 1.82) is 0 Å². The van der Waals surface area contributed by atoms with Crippen LogP contribution in [0.5, 0.6) is 0 Å². The third kappa shape index (κ3) is 7.83. The van der Waals surface area contributed by atoms with E-state index >= 15 is 0 Å². The smallest absolute Gasteiger partial charge is 0.545 e. The number of aromatic nitrogens is 5. The van der Waals surface area contributed by atoms with Gasteiger partial charge in [-0.15, -0.1) is 40.0 Å². The normalized spacial score (nSPS) is 17.9. The molecule has 44 heavy (non-hydrogen) atoms. The molecule has 21 heteroatoms. The Morgan fingerprint density at radius 2 is 1.95 bits per heavy atom. The summed E-state index contributed by atoms with van der Waals surface area (Å²) in [6.07, 6.45) is 0. The minimum Gasteiger partial charge on any atom is -0.545 e. The zero-order valence-corrected chi connectivity index (χ0v) is 30.5. The first kappa shape index (κ1) is 36.8. The van der Waals surface area contributed by atoms with E-state index in [9.17, 15) is 29.4 Å². The number of carbonyl (C=O) groups excluding carboxylic acids is 4. The molecule has 2 amide bonds. The number of aliphatic carboxylic acids is 1. The molecular weight excluding hydrogens is 675 g/mol. The fraction of sp³-hybridized carbons (Fsp3) is 0.304. The number of aliphatic hydroxyl groups excluding tert-OH is 1. The molecule has 3 aromatic rings. The second kappa shape index (κ2) is 16.3. The molecule has 0 radical (unpaired) electrons. The van der Waals surface area contributed by atoms with E-state index in [4.69, 9.17) is 10.8 Å². The van der Waals surface area contributed by atoms with Crippen LogP contribution in [0.1, 0.15) is 21.3 Å². The van der Waals surface area contributed by atoms with Gasteiger partial charge in [0, 0.05) is 27.3 Å². The van der Waals surface area contributed by atoms with Gasteiger partial charge in [0.25, 0.3) is 5.91 Å². The van der Waals surface area contributed by atoms with Crippen molar-refractivity contribution in [3.8, 4) is 0 Å². The number of carboxylic acids is 2. The Balaban J connectivity index is 0.00000264. The molecule has 0 spiro atoms. The SMILES string of the molecule is Nc1nc(C(Sc2ccccc2C(=O)[O-])C(=O)NC2C(=O)N3C(C(=O)[O-])=C(CSc4nnnn4CCO)CS[C@@H]23)cs1.[Na+].[Na+]. The summed E-state index contributed by atoms with van der Waals surface area (Å²) in [6, 6.07) is 4.97. The van der Waals surface area contributed by atoms with E-state index in [-0.39, 0.29) is 111 Å². The Kier molecular flexibility index (Phi) is 13.6. The van der Waals surface area contributed by atoms with Crippen LogP contribution >= 0.6 is 46.6 Å². The van der Waals surface area contributed by atoms with Crippen LogP contribution in [0.3, 0.4) is 0 Å². The van der Waals surface area contributed by atoms with Gasteiger partial charge < -0.3 is 36.0 Å². The summed E-state index contributed by atoms with van der Waals surface area (Å²) in [5.41, 5.74) is 6.08. The number of rotatable bonds is 12. The number of fused-ring (bicyclic) bond motifs is 1. The molecule has 2 aromatic heterocycles. The zero-order chi connectivity index (χ0) is 30.0. The van der Waals surface area contributed by atoms with Crippen molar-refractivity contribution in [2.45, 2.75) is 33.3 Å². The Labute approximate surface area is 310 Å². The molecule has 0 aliphatic carbocycles. The number of carbonyl (C=O) groups is 4. The van der Waals surface area contributed by atoms with Gasteiger partial charge in [0.15, 0.2) is 5.13 Å². The molecule has 4 N–H and O–H groups in total. The van der Waals surface area contributed by atoms with Gasteiger partial charge in [-0.25, -0.2) is 9.67 Å². The van der Waals surface area contributed by atoms with Gasteiger partial charge in [-0.05, 0) is 22.1 Å². The number of amides is 2. The number of hydrogen-bond donors (Lipinski definition) is 3. The van der Waals surface area contributed by atoms with Gasteiger partial charge in [-0.3, -0.25) is 14.5 Å². The molecule has 4 heterocycles. The molecule has 5 rings (SSSR count). The first-order valence-electron chi connectivity index (χ1n) is 12.1. The Morgan fingerprint density at radius 3 is 2.61 bits per heavy atom. The topological polar surface area (TPSA) is 232 Å². The van der Waals surface area contributed by atoms with E-state index in [1.165, 1.54) is 34.6 Å². The van der Waals surface area contributed by atoms with Crippen molar-refractivity contribution in [3.63, 3.8) is 0 Å². The standard InChI is InChI=1S/C23H22N8O7S4.2Na/c24-22-25-12(9-40-22)16(42-13-4-2-1-3-11(13)20(35)36)17(33)26-14-18(34)31-15(21(37)38)10(7-39-19(14)31)8-41-23-27-28-29-30(23)5-6-32;;/h1-4,9,14,16,19,32H,5-8H2,(H2,24,25)(H,26,33)(H,35,36)(H,37,38);;/q;2*+1/p-2/t14?,16?,19-;;/m0../s1. The quantitative estimate of drug-likeness (QED) is 0.0908. The second-order valence-electron chi connectivity index (χ2n) is 8.72. The van der Waals surface area contributed by atoms with Crippen molar-refractivity contribution >= 4 is 75.5 Å². The Bertz CT molecular complexity index is 1590. The predicted molar refractivity (Wildman–Crippen MR) is 149 cm³/mol. The average molecular weight is 695 g/mol. The number of nitrogens with one attached hydrogen (secondary N) is 1. The Hall–Kier alpha value is -1.65. The molecule has 2 aliphatic rings. The van der Waals surface area contributed by atoms with E-state index in [1.54, 1.807) is 11.4 Å². The summed E-state index contributed by atoms with van der Waals surface area (Å²) in [4.78, 5) is 56.0. The molecule has 2 unspecified atom stereocenters. The summed E-state index contributed by atoms with van der Waals surface area (Å²) >= 11 is 4.44. The van der Waals surface area contributed by atoms with Crippen LogP contribution in [0.25, 0.3) is 0 Å². The minimum absolute atomic E-state index is 0. The summed E-state index contributed by atoms with van der Waals surface area (Å²) in [6.45, 7) is -0.0207. The second-order valence-corrected chi connectivity index (χ2v) is 12.8. The maximum atomic E-state index is 13.5. The van der Waals surface area contributed by atoms with Gasteiger partial charge in [-0.2, -0.15) is 0 Å². The molecule has 3 atom stereocenters. The summed E-state index contributed by atoms with van der Waals surface area (Å²) in [7, 11) is 0. The molecule has 1 aromatic carbocycles. The van der Waals surface area contributed by atoms with Gasteiger partial charge in [-0.1, -0.05) is 30.0 Å². The number of tetrazole rings is 1. The number of hydrogen-bond acceptors (Lipinski definition) is 16. The molecule has 1 fully saturated rings. The maximum absolute atomic E-state index is 13.5. The fourth-order valence-electron chi connectivity index (χ4n) is 4.23. The van der Waals surface area contributed by atoms with Gasteiger partial charge in [0.2, 0.25) is 11.1 Å². The number of aliphatic hydroxyl groups is 1. The van der Waals surface area contributed by atoms with Crippen LogP contribution in [0, 0.1) is 0 Å². The van der Waals surface area contributed by atoms with Crippen LogP contribution < -0.4 is 80.4 Å². The molecule has 0 saturated carbocycles. The van der Waals surface area contributed by atoms with Crippen LogP contribution in [0.4, 0.5) is 5.13 Å². The van der Waals surface area contributed by atoms with E-state index in [0.29, 0.717) is 10.7 Å². The van der Waals surface area contributed by atoms with Crippen molar-refractivity contribution in [2.75, 3.05) is 23.8 Å². The third-order valence-corrected chi connectivity index (χ3v) is 10.5. The van der Waals surface area contributed by atoms with Crippen molar-refractivity contribution < 1.29 is 93.6 Å². The summed E-state index contributed by atoms with van der Waals surface area (Å²) in [5, 5.41) is 47.1. The number of thiazole rings is 1. The number of thioether (sulfide) groups is 3. The van der Waals surface area contributed by atoms with E-state index in [1.807, 2.05) is 0 Å². The van der Waals surface area contributed by atoms with Gasteiger partial charge in [0.05, 0.1) is 36.5 Å². The van der Waals surface area contributed by atoms with Crippen LogP contribution in [0.2, 0.25) is 0 Å². The number of nitrogen functional groups attached to an aromatic ring is 1. The van der Waals surface area contributed by atoms with E-state index in [0.717, 1.165) is 39.8 Å². The minimum atomic E-state index is -1.53. The predicted octanol–water partition coefficient (Wildman–Crippen LogP) is -7.89. The fourth-order valence-corrected chi connectivity index (χ4v) is 8.40. The van der Waals surface area contributed by atoms with Crippen LogP contribution in [-0.2, 0) is 20.9 Å².